The molecule has 1 aromatic rings. The van der Waals surface area contributed by atoms with Gasteiger partial charge in [0.1, 0.15) is 0 Å². The summed E-state index contributed by atoms with van der Waals surface area (Å²) in [6, 6.07) is 2.03. The van der Waals surface area contributed by atoms with Gasteiger partial charge in [-0.25, -0.2) is 0 Å². The minimum atomic E-state index is 1.13. The molecule has 2 heteroatoms. The number of pyridine rings is 1. The molecule has 2 rings (SSSR count). The molecule has 0 N–H and O–H groups in total. The van der Waals surface area contributed by atoms with Crippen LogP contribution in [0, 0.1) is 20.8 Å². The molecule has 2 heterocycles. The Kier molecular flexibility index (Phi) is 8.77. The van der Waals surface area contributed by atoms with Crippen molar-refractivity contribution >= 4 is 5.71 Å². The van der Waals surface area contributed by atoms with Crippen LogP contribution in [-0.4, -0.2) is 10.7 Å². The smallest absolute Gasteiger partial charge is 0.0404 e. The molecule has 0 atom stereocenters. The van der Waals surface area contributed by atoms with Gasteiger partial charge in [-0.2, -0.15) is 0 Å². The molecule has 0 bridgehead atoms. The van der Waals surface area contributed by atoms with E-state index < -0.39 is 0 Å². The fourth-order valence-corrected chi connectivity index (χ4v) is 1.66. The van der Waals surface area contributed by atoms with E-state index >= 15 is 0 Å². The number of aliphatic imine (C=N–C) groups is 1. The molecule has 0 saturated heterocycles. The standard InChI is InChI=1S/C8H11N.C7H11N.C2H6/c1-6-4-5-9-8(3)7(6)2;1-6-4-3-5-7(2)8-6;1-2/h4-5H,1-3H3;4H,3,5H2,1-2H3;1-2H3. The lowest BCUT2D eigenvalue weighted by molar-refractivity contribution is 1.01. The van der Waals surface area contributed by atoms with E-state index in [2.05, 4.69) is 36.8 Å². The van der Waals surface area contributed by atoms with E-state index in [1.807, 2.05) is 40.0 Å². The molecule has 106 valence electrons. The van der Waals surface area contributed by atoms with E-state index in [0.29, 0.717) is 0 Å². The van der Waals surface area contributed by atoms with E-state index in [1.54, 1.807) is 0 Å². The van der Waals surface area contributed by atoms with Gasteiger partial charge < -0.3 is 0 Å². The first-order valence-electron chi connectivity index (χ1n) is 7.10. The summed E-state index contributed by atoms with van der Waals surface area (Å²) in [5, 5.41) is 0. The van der Waals surface area contributed by atoms with Crippen molar-refractivity contribution in [3.63, 3.8) is 0 Å². The van der Waals surface area contributed by atoms with E-state index in [9.17, 15) is 0 Å². The van der Waals surface area contributed by atoms with Crippen LogP contribution >= 0.6 is 0 Å². The summed E-state index contributed by atoms with van der Waals surface area (Å²) in [6.07, 6.45) is 6.35. The lowest BCUT2D eigenvalue weighted by atomic mass is 10.1. The molecule has 0 aliphatic carbocycles. The van der Waals surface area contributed by atoms with Crippen LogP contribution < -0.4 is 0 Å². The van der Waals surface area contributed by atoms with E-state index in [1.165, 1.54) is 29.0 Å². The summed E-state index contributed by atoms with van der Waals surface area (Å²) in [4.78, 5) is 8.40. The predicted molar refractivity (Wildman–Crippen MR) is 85.9 cm³/mol. The van der Waals surface area contributed by atoms with Gasteiger partial charge in [0.05, 0.1) is 0 Å². The van der Waals surface area contributed by atoms with Crippen LogP contribution in [0.3, 0.4) is 0 Å². The van der Waals surface area contributed by atoms with Crippen molar-refractivity contribution in [1.29, 1.82) is 0 Å². The Morgan fingerprint density at radius 2 is 1.63 bits per heavy atom. The Morgan fingerprint density at radius 1 is 1.00 bits per heavy atom. The van der Waals surface area contributed by atoms with Crippen molar-refractivity contribution < 1.29 is 0 Å². The fraction of sp³-hybridized carbons (Fsp3) is 0.529. The highest BCUT2D eigenvalue weighted by Crippen LogP contribution is 2.08. The lowest BCUT2D eigenvalue weighted by Gasteiger charge is -2.03. The van der Waals surface area contributed by atoms with Crippen LogP contribution in [0.1, 0.15) is 57.4 Å². The number of rotatable bonds is 0. The maximum atomic E-state index is 4.26. The Morgan fingerprint density at radius 3 is 2.00 bits per heavy atom. The molecule has 1 aliphatic rings. The number of aromatic nitrogens is 1. The molecule has 1 aliphatic heterocycles. The molecule has 0 amide bonds. The monoisotopic (exact) mass is 260 g/mol. The first-order valence-corrected chi connectivity index (χ1v) is 7.10. The highest BCUT2D eigenvalue weighted by Gasteiger charge is 1.96. The first-order chi connectivity index (χ1) is 9.00. The zero-order chi connectivity index (χ0) is 14.8. The van der Waals surface area contributed by atoms with Gasteiger partial charge in [0.25, 0.3) is 0 Å². The number of allylic oxidation sites excluding steroid dienone is 2. The van der Waals surface area contributed by atoms with Gasteiger partial charge in [0.15, 0.2) is 0 Å². The third-order valence-corrected chi connectivity index (χ3v) is 3.04. The van der Waals surface area contributed by atoms with Crippen LogP contribution in [0.4, 0.5) is 0 Å². The van der Waals surface area contributed by atoms with Gasteiger partial charge >= 0.3 is 0 Å². The summed E-state index contributed by atoms with van der Waals surface area (Å²) in [5.41, 5.74) is 6.20. The maximum Gasteiger partial charge on any atom is 0.0404 e. The molecule has 0 radical (unpaired) electrons. The Balaban J connectivity index is 0.000000303. The van der Waals surface area contributed by atoms with Crippen molar-refractivity contribution in [1.82, 2.24) is 4.98 Å². The second-order valence-corrected chi connectivity index (χ2v) is 4.57. The Labute approximate surface area is 118 Å². The topological polar surface area (TPSA) is 25.2 Å². The SMILES string of the molecule is CC.CC1=CCCC(C)=N1.Cc1ccnc(C)c1C. The van der Waals surface area contributed by atoms with Crippen molar-refractivity contribution in [2.45, 2.75) is 61.3 Å². The number of aryl methyl sites for hydroxylation is 2. The second kappa shape index (κ2) is 9.48. The van der Waals surface area contributed by atoms with E-state index in [-0.39, 0.29) is 0 Å². The zero-order valence-corrected chi connectivity index (χ0v) is 13.5. The zero-order valence-electron chi connectivity index (χ0n) is 13.5. The average molecular weight is 260 g/mol. The van der Waals surface area contributed by atoms with Gasteiger partial charge in [-0.05, 0) is 64.7 Å². The predicted octanol–water partition coefficient (Wildman–Crippen LogP) is 5.18. The lowest BCUT2D eigenvalue weighted by Crippen LogP contribution is -1.95. The van der Waals surface area contributed by atoms with Crippen LogP contribution in [0.5, 0.6) is 0 Å². The molecule has 0 unspecified atom stereocenters. The maximum absolute atomic E-state index is 4.26. The highest BCUT2D eigenvalue weighted by atomic mass is 14.7. The molecular formula is C17H28N2. The third kappa shape index (κ3) is 6.90. The van der Waals surface area contributed by atoms with Gasteiger partial charge in [-0.15, -0.1) is 0 Å². The number of nitrogens with zero attached hydrogens (tertiary/aromatic N) is 2. The summed E-state index contributed by atoms with van der Waals surface area (Å²) in [7, 11) is 0. The van der Waals surface area contributed by atoms with Gasteiger partial charge in [-0.1, -0.05) is 19.9 Å². The largest absolute Gasteiger partial charge is 0.263 e. The van der Waals surface area contributed by atoms with Crippen LogP contribution in [0.25, 0.3) is 0 Å². The molecule has 0 spiro atoms. The third-order valence-electron chi connectivity index (χ3n) is 3.04. The molecular weight excluding hydrogens is 232 g/mol. The van der Waals surface area contributed by atoms with Crippen molar-refractivity contribution in [3.05, 3.63) is 40.9 Å². The molecule has 2 nitrogen and oxygen atoms in total. The minimum absolute atomic E-state index is 1.13. The van der Waals surface area contributed by atoms with Crippen molar-refractivity contribution in [3.8, 4) is 0 Å². The summed E-state index contributed by atoms with van der Waals surface area (Å²) in [5.74, 6) is 0. The molecule has 0 aromatic carbocycles. The summed E-state index contributed by atoms with van der Waals surface area (Å²) >= 11 is 0. The van der Waals surface area contributed by atoms with Crippen LogP contribution in [0.2, 0.25) is 0 Å². The summed E-state index contributed by atoms with van der Waals surface area (Å²) < 4.78 is 0. The molecule has 1 aromatic heterocycles. The van der Waals surface area contributed by atoms with Gasteiger partial charge in [0.2, 0.25) is 0 Å². The number of hydrogen-bond donors (Lipinski definition) is 0. The summed E-state index contributed by atoms with van der Waals surface area (Å²) in [6.45, 7) is 14.4. The minimum Gasteiger partial charge on any atom is -0.263 e. The fourth-order valence-electron chi connectivity index (χ4n) is 1.66. The molecule has 19 heavy (non-hydrogen) atoms. The Hall–Kier alpha value is -1.44. The molecule has 0 saturated carbocycles. The Bertz CT molecular complexity index is 422. The van der Waals surface area contributed by atoms with Gasteiger partial charge in [-0.3, -0.25) is 9.98 Å². The number of hydrogen-bond acceptors (Lipinski definition) is 2. The second-order valence-electron chi connectivity index (χ2n) is 4.57. The van der Waals surface area contributed by atoms with Crippen molar-refractivity contribution in [2.24, 2.45) is 4.99 Å². The highest BCUT2D eigenvalue weighted by molar-refractivity contribution is 5.83. The van der Waals surface area contributed by atoms with E-state index in [4.69, 9.17) is 0 Å². The van der Waals surface area contributed by atoms with Gasteiger partial charge in [0, 0.05) is 23.3 Å². The quantitative estimate of drug-likeness (QED) is 0.631. The molecule has 0 fully saturated rings. The normalized spacial score (nSPS) is 13.2. The van der Waals surface area contributed by atoms with Crippen molar-refractivity contribution in [2.75, 3.05) is 0 Å². The average Bonchev–Trinajstić information content (AvgIpc) is 2.39. The van der Waals surface area contributed by atoms with E-state index in [0.717, 1.165) is 12.1 Å². The van der Waals surface area contributed by atoms with Crippen LogP contribution in [0.15, 0.2) is 29.0 Å². The van der Waals surface area contributed by atoms with Crippen LogP contribution in [-0.2, 0) is 0 Å². The first kappa shape index (κ1) is 17.6.